The highest BCUT2D eigenvalue weighted by atomic mass is 32.2. The molecule has 2 unspecified atom stereocenters. The number of rotatable bonds is 5. The lowest BCUT2D eigenvalue weighted by Gasteiger charge is -2.39. The number of hydrogen-bond acceptors (Lipinski definition) is 5. The highest BCUT2D eigenvalue weighted by Gasteiger charge is 2.53. The van der Waals surface area contributed by atoms with Crippen LogP contribution >= 0.6 is 0 Å². The third-order valence-corrected chi connectivity index (χ3v) is 8.09. The zero-order chi connectivity index (χ0) is 22.3. The molecule has 2 aliphatic rings. The Morgan fingerprint density at radius 1 is 1.13 bits per heavy atom. The molecule has 2 bridgehead atoms. The Labute approximate surface area is 183 Å². The largest absolute Gasteiger partial charge is 0.271 e. The van der Waals surface area contributed by atoms with Gasteiger partial charge in [0.15, 0.2) is 0 Å². The number of nitrogens with one attached hydrogen (secondary N) is 1. The number of hydrazone groups is 1. The average Bonchev–Trinajstić information content (AvgIpc) is 2.98. The van der Waals surface area contributed by atoms with Crippen molar-refractivity contribution in [2.24, 2.45) is 15.9 Å². The fourth-order valence-electron chi connectivity index (χ4n) is 5.28. The van der Waals surface area contributed by atoms with Crippen LogP contribution in [0.3, 0.4) is 0 Å². The van der Waals surface area contributed by atoms with Gasteiger partial charge in [0.05, 0.1) is 11.1 Å². The summed E-state index contributed by atoms with van der Waals surface area (Å²) in [6.07, 6.45) is 7.60. The summed E-state index contributed by atoms with van der Waals surface area (Å²) in [5, 5.41) is 3.93. The molecular weight excluding hydrogens is 412 g/mol. The van der Waals surface area contributed by atoms with E-state index in [0.717, 1.165) is 24.8 Å². The number of amides is 1. The molecule has 4 rings (SSSR count). The van der Waals surface area contributed by atoms with E-state index in [4.69, 9.17) is 0 Å². The molecule has 2 heterocycles. The summed E-state index contributed by atoms with van der Waals surface area (Å²) in [5.74, 6) is -0.402. The molecular formula is C23H28N4O3S. The molecule has 1 amide bonds. The van der Waals surface area contributed by atoms with Gasteiger partial charge in [-0.25, -0.2) is 13.8 Å². The monoisotopic (exact) mass is 440 g/mol. The van der Waals surface area contributed by atoms with Crippen LogP contribution in [0.2, 0.25) is 0 Å². The van der Waals surface area contributed by atoms with Crippen LogP contribution < -0.4 is 5.43 Å². The van der Waals surface area contributed by atoms with Gasteiger partial charge >= 0.3 is 0 Å². The summed E-state index contributed by atoms with van der Waals surface area (Å²) >= 11 is 0. The van der Waals surface area contributed by atoms with Gasteiger partial charge in [0.2, 0.25) is 10.0 Å². The first kappa shape index (κ1) is 21.6. The summed E-state index contributed by atoms with van der Waals surface area (Å²) in [5.41, 5.74) is 3.77. The van der Waals surface area contributed by atoms with Gasteiger partial charge in [-0.05, 0) is 72.1 Å². The number of fused-ring (bicyclic) bond motifs is 2. The van der Waals surface area contributed by atoms with E-state index in [1.165, 1.54) is 30.5 Å². The van der Waals surface area contributed by atoms with Crippen LogP contribution in [0.4, 0.5) is 0 Å². The van der Waals surface area contributed by atoms with Crippen molar-refractivity contribution >= 4 is 22.1 Å². The molecule has 2 atom stereocenters. The van der Waals surface area contributed by atoms with Crippen LogP contribution in [-0.4, -0.2) is 42.4 Å². The Bertz CT molecular complexity index is 1100. The Balaban J connectivity index is 1.46. The van der Waals surface area contributed by atoms with Crippen molar-refractivity contribution in [2.45, 2.75) is 51.0 Å². The topological polar surface area (TPSA) is 91.7 Å². The van der Waals surface area contributed by atoms with Crippen molar-refractivity contribution in [3.63, 3.8) is 0 Å². The predicted molar refractivity (Wildman–Crippen MR) is 119 cm³/mol. The van der Waals surface area contributed by atoms with Crippen molar-refractivity contribution < 1.29 is 13.2 Å². The van der Waals surface area contributed by atoms with Crippen LogP contribution in [-0.2, 0) is 10.0 Å². The number of sulfonamides is 1. The summed E-state index contributed by atoms with van der Waals surface area (Å²) in [6, 6.07) is 9.63. The Morgan fingerprint density at radius 2 is 1.81 bits per heavy atom. The Hall–Kier alpha value is -2.58. The molecule has 164 valence electrons. The van der Waals surface area contributed by atoms with Gasteiger partial charge in [-0.2, -0.15) is 9.41 Å². The minimum Gasteiger partial charge on any atom is -0.267 e. The summed E-state index contributed by atoms with van der Waals surface area (Å²) < 4.78 is 28.4. The van der Waals surface area contributed by atoms with Crippen LogP contribution in [0.1, 0.15) is 56.0 Å². The molecule has 2 aromatic rings. The van der Waals surface area contributed by atoms with E-state index < -0.39 is 15.9 Å². The van der Waals surface area contributed by atoms with Crippen LogP contribution in [0.15, 0.2) is 58.8 Å². The van der Waals surface area contributed by atoms with E-state index in [-0.39, 0.29) is 21.8 Å². The van der Waals surface area contributed by atoms with Crippen molar-refractivity contribution in [3.8, 4) is 0 Å². The van der Waals surface area contributed by atoms with Gasteiger partial charge < -0.3 is 0 Å². The molecule has 1 aromatic carbocycles. The first-order chi connectivity index (χ1) is 14.6. The predicted octanol–water partition coefficient (Wildman–Crippen LogP) is 3.43. The maximum absolute atomic E-state index is 13.3. The first-order valence-electron chi connectivity index (χ1n) is 10.4. The number of aromatic nitrogens is 1. The molecule has 1 aromatic heterocycles. The summed E-state index contributed by atoms with van der Waals surface area (Å²) in [6.45, 7) is 7.18. The SMILES string of the molecule is CC1(C)CC2CC(C)(CN2S(=O)(=O)c2ccc(C(=O)N/N=C/c3ccncc3)cc2)C1. The zero-order valence-electron chi connectivity index (χ0n) is 18.1. The first-order valence-corrected chi connectivity index (χ1v) is 11.9. The van der Waals surface area contributed by atoms with Crippen molar-refractivity contribution in [1.29, 1.82) is 0 Å². The second-order valence-corrected chi connectivity index (χ2v) is 11.7. The van der Waals surface area contributed by atoms with Crippen LogP contribution in [0.5, 0.6) is 0 Å². The second-order valence-electron chi connectivity index (χ2n) is 9.77. The molecule has 0 spiro atoms. The minimum atomic E-state index is -3.61. The van der Waals surface area contributed by atoms with E-state index in [2.05, 4.69) is 36.3 Å². The number of hydrogen-bond donors (Lipinski definition) is 1. The molecule has 1 saturated heterocycles. The molecule has 1 aliphatic heterocycles. The van der Waals surface area contributed by atoms with E-state index >= 15 is 0 Å². The van der Waals surface area contributed by atoms with Gasteiger partial charge in [0.25, 0.3) is 5.91 Å². The van der Waals surface area contributed by atoms with Gasteiger partial charge in [0.1, 0.15) is 0 Å². The molecule has 0 radical (unpaired) electrons. The number of carbonyl (C=O) groups is 1. The fraction of sp³-hybridized carbons (Fsp3) is 0.435. The molecule has 1 N–H and O–H groups in total. The van der Waals surface area contributed by atoms with E-state index in [0.29, 0.717) is 12.1 Å². The smallest absolute Gasteiger partial charge is 0.267 e. The lowest BCUT2D eigenvalue weighted by molar-refractivity contribution is 0.0955. The van der Waals surface area contributed by atoms with Crippen molar-refractivity contribution in [3.05, 3.63) is 59.9 Å². The number of nitrogens with zero attached hydrogens (tertiary/aromatic N) is 3. The second kappa shape index (κ2) is 7.84. The van der Waals surface area contributed by atoms with E-state index in [1.807, 2.05) is 0 Å². The normalized spacial score (nSPS) is 25.6. The lowest BCUT2D eigenvalue weighted by atomic mass is 9.65. The molecule has 8 heteroatoms. The molecule has 1 saturated carbocycles. The third-order valence-electron chi connectivity index (χ3n) is 6.18. The van der Waals surface area contributed by atoms with Gasteiger partial charge in [0, 0.05) is 30.5 Å². The zero-order valence-corrected chi connectivity index (χ0v) is 18.9. The fourth-order valence-corrected chi connectivity index (χ4v) is 7.06. The highest BCUT2D eigenvalue weighted by Crippen LogP contribution is 2.53. The maximum atomic E-state index is 13.3. The number of benzene rings is 1. The van der Waals surface area contributed by atoms with Crippen molar-refractivity contribution in [1.82, 2.24) is 14.7 Å². The quantitative estimate of drug-likeness (QED) is 0.570. The van der Waals surface area contributed by atoms with Crippen LogP contribution in [0, 0.1) is 10.8 Å². The molecule has 1 aliphatic carbocycles. The van der Waals surface area contributed by atoms with Gasteiger partial charge in [-0.3, -0.25) is 9.78 Å². The molecule has 2 fully saturated rings. The third kappa shape index (κ3) is 4.55. The molecule has 7 nitrogen and oxygen atoms in total. The highest BCUT2D eigenvalue weighted by molar-refractivity contribution is 7.89. The van der Waals surface area contributed by atoms with Gasteiger partial charge in [-0.1, -0.05) is 20.8 Å². The summed E-state index contributed by atoms with van der Waals surface area (Å²) in [7, 11) is -3.61. The average molecular weight is 441 g/mol. The minimum absolute atomic E-state index is 0.0200. The number of pyridine rings is 1. The Morgan fingerprint density at radius 3 is 2.48 bits per heavy atom. The standard InChI is InChI=1S/C23H28N4O3S/c1-22(2)12-19-13-23(3,15-22)16-27(19)31(29,30)20-6-4-18(5-7-20)21(28)26-25-14-17-8-10-24-11-9-17/h4-11,14,19H,12-13,15-16H2,1-3H3,(H,26,28)/b25-14+. The molecule has 31 heavy (non-hydrogen) atoms. The number of carbonyl (C=O) groups excluding carboxylic acids is 1. The lowest BCUT2D eigenvalue weighted by Crippen LogP contribution is -2.37. The van der Waals surface area contributed by atoms with E-state index in [9.17, 15) is 13.2 Å². The van der Waals surface area contributed by atoms with Crippen molar-refractivity contribution in [2.75, 3.05) is 6.54 Å². The van der Waals surface area contributed by atoms with Crippen LogP contribution in [0.25, 0.3) is 0 Å². The summed E-state index contributed by atoms with van der Waals surface area (Å²) in [4.78, 5) is 16.5. The Kier molecular flexibility index (Phi) is 5.47. The van der Waals surface area contributed by atoms with E-state index in [1.54, 1.807) is 28.8 Å². The maximum Gasteiger partial charge on any atom is 0.271 e. The van der Waals surface area contributed by atoms with Gasteiger partial charge in [-0.15, -0.1) is 0 Å².